The van der Waals surface area contributed by atoms with E-state index < -0.39 is 0 Å². The molecule has 0 aliphatic rings. The highest BCUT2D eigenvalue weighted by molar-refractivity contribution is 5.03. The lowest BCUT2D eigenvalue weighted by atomic mass is 10.3. The summed E-state index contributed by atoms with van der Waals surface area (Å²) < 4.78 is 0. The first kappa shape index (κ1) is 17.2. The summed E-state index contributed by atoms with van der Waals surface area (Å²) in [6.07, 6.45) is 1.19. The second kappa shape index (κ2) is 10.4. The Hall–Kier alpha value is -1.16. The van der Waals surface area contributed by atoms with E-state index in [1.165, 1.54) is 0 Å². The Labute approximate surface area is 101 Å². The van der Waals surface area contributed by atoms with Crippen LogP contribution in [0.25, 0.3) is 0 Å². The molecule has 0 spiro atoms. The molecule has 0 saturated carbocycles. The molecule has 16 heavy (non-hydrogen) atoms. The van der Waals surface area contributed by atoms with Gasteiger partial charge in [-0.2, -0.15) is 0 Å². The highest BCUT2D eigenvalue weighted by Crippen LogP contribution is 2.03. The van der Waals surface area contributed by atoms with Crippen LogP contribution in [0.1, 0.15) is 34.1 Å². The summed E-state index contributed by atoms with van der Waals surface area (Å²) in [6, 6.07) is 0. The third-order valence-corrected chi connectivity index (χ3v) is 2.09. The lowest BCUT2D eigenvalue weighted by molar-refractivity contribution is 0.365. The molecule has 1 atom stereocenters. The van der Waals surface area contributed by atoms with Crippen LogP contribution < -0.4 is 16.4 Å². The summed E-state index contributed by atoms with van der Waals surface area (Å²) >= 11 is 0. The fourth-order valence-corrected chi connectivity index (χ4v) is 1.22. The number of nitrogens with two attached hydrogens (primary N) is 1. The minimum atomic E-state index is 0.218. The van der Waals surface area contributed by atoms with Crippen LogP contribution in [0, 0.1) is 0 Å². The Balaban J connectivity index is 0. The lowest BCUT2D eigenvalue weighted by Crippen LogP contribution is -2.44. The van der Waals surface area contributed by atoms with Gasteiger partial charge in [0, 0.05) is 6.54 Å². The van der Waals surface area contributed by atoms with Crippen LogP contribution in [0.5, 0.6) is 0 Å². The van der Waals surface area contributed by atoms with E-state index in [4.69, 9.17) is 5.73 Å². The van der Waals surface area contributed by atoms with Gasteiger partial charge in [0.25, 0.3) is 0 Å². The van der Waals surface area contributed by atoms with Gasteiger partial charge in [-0.25, -0.2) is 0 Å². The molecule has 4 heteroatoms. The van der Waals surface area contributed by atoms with Crippen LogP contribution in [0.15, 0.2) is 24.8 Å². The topological polar surface area (TPSA) is 53.3 Å². The van der Waals surface area contributed by atoms with Crippen LogP contribution in [0.2, 0.25) is 0 Å². The van der Waals surface area contributed by atoms with Crippen LogP contribution >= 0.6 is 0 Å². The molecule has 0 aliphatic heterocycles. The molecule has 0 aromatic rings. The minimum absolute atomic E-state index is 0.218. The fourth-order valence-electron chi connectivity index (χ4n) is 1.22. The van der Waals surface area contributed by atoms with Gasteiger partial charge in [0.1, 0.15) is 5.82 Å². The monoisotopic (exact) mass is 228 g/mol. The van der Waals surface area contributed by atoms with E-state index >= 15 is 0 Å². The summed E-state index contributed by atoms with van der Waals surface area (Å²) in [5, 5.41) is 6.36. The Morgan fingerprint density at radius 1 is 1.31 bits per heavy atom. The number of hydrogen-bond donors (Lipinski definition) is 3. The van der Waals surface area contributed by atoms with Gasteiger partial charge in [-0.3, -0.25) is 0 Å². The number of nitrogens with zero attached hydrogens (tertiary/aromatic N) is 1. The predicted molar refractivity (Wildman–Crippen MR) is 72.5 cm³/mol. The van der Waals surface area contributed by atoms with Gasteiger partial charge in [0.2, 0.25) is 0 Å². The summed E-state index contributed by atoms with van der Waals surface area (Å²) in [5.41, 5.74) is 5.62. The molecule has 0 bridgehead atoms. The Bertz CT molecular complexity index is 197. The number of nitrogens with one attached hydrogen (secondary N) is 2. The van der Waals surface area contributed by atoms with Crippen molar-refractivity contribution in [2.45, 2.75) is 40.3 Å². The van der Waals surface area contributed by atoms with Crippen molar-refractivity contribution in [1.29, 1.82) is 0 Å². The second-order valence-electron chi connectivity index (χ2n) is 3.08. The van der Waals surface area contributed by atoms with Crippen molar-refractivity contribution in [1.82, 2.24) is 15.5 Å². The zero-order valence-corrected chi connectivity index (χ0v) is 11.4. The first-order chi connectivity index (χ1) is 7.56. The van der Waals surface area contributed by atoms with Crippen molar-refractivity contribution in [3.63, 3.8) is 0 Å². The van der Waals surface area contributed by atoms with Gasteiger partial charge in [-0.1, -0.05) is 33.9 Å². The van der Waals surface area contributed by atoms with E-state index in [2.05, 4.69) is 30.7 Å². The van der Waals surface area contributed by atoms with Crippen LogP contribution in [-0.4, -0.2) is 24.7 Å². The van der Waals surface area contributed by atoms with Crippen molar-refractivity contribution in [2.75, 3.05) is 13.6 Å². The standard InChI is InChI=1S/C10H22N4.C2H6/c1-6-10(12-5)13-9(4)14(7-2)8(3)11;1-2/h10,12-13H,3-4,6-7,11H2,1-2,5H3;1-2H3. The van der Waals surface area contributed by atoms with E-state index in [1.807, 2.05) is 32.7 Å². The maximum atomic E-state index is 5.62. The van der Waals surface area contributed by atoms with E-state index in [9.17, 15) is 0 Å². The molecule has 96 valence electrons. The third-order valence-electron chi connectivity index (χ3n) is 2.09. The fraction of sp³-hybridized carbons (Fsp3) is 0.667. The lowest BCUT2D eigenvalue weighted by Gasteiger charge is -2.28. The molecule has 0 rings (SSSR count). The third kappa shape index (κ3) is 6.35. The van der Waals surface area contributed by atoms with Crippen molar-refractivity contribution in [3.05, 3.63) is 24.8 Å². The Kier molecular flexibility index (Phi) is 11.2. The van der Waals surface area contributed by atoms with Crippen molar-refractivity contribution in [3.8, 4) is 0 Å². The summed E-state index contributed by atoms with van der Waals surface area (Å²) in [6.45, 7) is 16.5. The highest BCUT2D eigenvalue weighted by atomic mass is 15.3. The SMILES string of the molecule is C=C(N)N(CC)C(=C)NC(CC)NC.CC. The normalized spacial score (nSPS) is 10.8. The van der Waals surface area contributed by atoms with Crippen LogP contribution in [-0.2, 0) is 0 Å². The Morgan fingerprint density at radius 2 is 1.81 bits per heavy atom. The zero-order valence-electron chi connectivity index (χ0n) is 11.4. The molecular formula is C12H28N4. The van der Waals surface area contributed by atoms with E-state index in [1.54, 1.807) is 0 Å². The van der Waals surface area contributed by atoms with Gasteiger partial charge in [0.05, 0.1) is 12.0 Å². The molecule has 0 aromatic heterocycles. The average molecular weight is 228 g/mol. The maximum absolute atomic E-state index is 5.62. The molecular weight excluding hydrogens is 200 g/mol. The maximum Gasteiger partial charge on any atom is 0.101 e. The molecule has 0 heterocycles. The molecule has 4 nitrogen and oxygen atoms in total. The largest absolute Gasteiger partial charge is 0.386 e. The van der Waals surface area contributed by atoms with E-state index in [-0.39, 0.29) is 6.17 Å². The van der Waals surface area contributed by atoms with E-state index in [0.29, 0.717) is 5.82 Å². The molecule has 0 saturated heterocycles. The quantitative estimate of drug-likeness (QED) is 0.581. The van der Waals surface area contributed by atoms with Crippen molar-refractivity contribution >= 4 is 0 Å². The van der Waals surface area contributed by atoms with Crippen LogP contribution in [0.3, 0.4) is 0 Å². The van der Waals surface area contributed by atoms with Crippen molar-refractivity contribution < 1.29 is 0 Å². The molecule has 1 unspecified atom stereocenters. The summed E-state index contributed by atoms with van der Waals surface area (Å²) in [7, 11) is 1.90. The predicted octanol–water partition coefficient (Wildman–Crippen LogP) is 1.78. The van der Waals surface area contributed by atoms with Gasteiger partial charge in [0.15, 0.2) is 0 Å². The number of rotatable bonds is 7. The van der Waals surface area contributed by atoms with Gasteiger partial charge < -0.3 is 21.3 Å². The highest BCUT2D eigenvalue weighted by Gasteiger charge is 2.09. The van der Waals surface area contributed by atoms with Gasteiger partial charge >= 0.3 is 0 Å². The summed E-state index contributed by atoms with van der Waals surface area (Å²) in [5.74, 6) is 1.29. The first-order valence-corrected chi connectivity index (χ1v) is 5.91. The molecule has 0 aliphatic carbocycles. The Morgan fingerprint density at radius 3 is 2.06 bits per heavy atom. The minimum Gasteiger partial charge on any atom is -0.386 e. The second-order valence-corrected chi connectivity index (χ2v) is 3.08. The zero-order chi connectivity index (χ0) is 13.1. The molecule has 0 radical (unpaired) electrons. The van der Waals surface area contributed by atoms with E-state index in [0.717, 1.165) is 18.8 Å². The number of hydrogen-bond acceptors (Lipinski definition) is 4. The summed E-state index contributed by atoms with van der Waals surface area (Å²) in [4.78, 5) is 1.83. The average Bonchev–Trinajstić information content (AvgIpc) is 2.29. The van der Waals surface area contributed by atoms with Crippen LogP contribution in [0.4, 0.5) is 0 Å². The van der Waals surface area contributed by atoms with Gasteiger partial charge in [-0.05, 0) is 20.4 Å². The van der Waals surface area contributed by atoms with Crippen molar-refractivity contribution in [2.24, 2.45) is 5.73 Å². The molecule has 0 amide bonds. The molecule has 4 N–H and O–H groups in total. The smallest absolute Gasteiger partial charge is 0.101 e. The van der Waals surface area contributed by atoms with Gasteiger partial charge in [-0.15, -0.1) is 0 Å². The first-order valence-electron chi connectivity index (χ1n) is 5.91. The molecule has 0 aromatic carbocycles. The molecule has 0 fully saturated rings.